The second kappa shape index (κ2) is 7.32. The summed E-state index contributed by atoms with van der Waals surface area (Å²) in [4.78, 5) is 13.1. The van der Waals surface area contributed by atoms with E-state index in [-0.39, 0.29) is 5.82 Å². The topological polar surface area (TPSA) is 68.8 Å². The minimum Gasteiger partial charge on any atom is -0.441 e. The molecule has 6 nitrogen and oxygen atoms in total. The second-order valence-corrected chi connectivity index (χ2v) is 7.09. The molecule has 0 aliphatic heterocycles. The summed E-state index contributed by atoms with van der Waals surface area (Å²) >= 11 is 0. The molecule has 0 saturated heterocycles. The molecule has 154 valence electrons. The lowest BCUT2D eigenvalue weighted by Gasteiger charge is -2.08. The van der Waals surface area contributed by atoms with Crippen molar-refractivity contribution in [2.45, 2.75) is 6.92 Å². The van der Waals surface area contributed by atoms with Crippen molar-refractivity contribution >= 4 is 22.5 Å². The lowest BCUT2D eigenvalue weighted by Crippen LogP contribution is -1.96. The number of rotatable bonds is 4. The highest BCUT2D eigenvalue weighted by atomic mass is 19.1. The minimum atomic E-state index is -0.443. The third-order valence-electron chi connectivity index (χ3n) is 5.02. The summed E-state index contributed by atoms with van der Waals surface area (Å²) in [6.45, 7) is 1.71. The van der Waals surface area contributed by atoms with Gasteiger partial charge in [-0.15, -0.1) is 0 Å². The van der Waals surface area contributed by atoms with Crippen molar-refractivity contribution in [2.24, 2.45) is 7.05 Å². The van der Waals surface area contributed by atoms with Crippen LogP contribution in [0.4, 0.5) is 20.3 Å². The maximum Gasteiger partial charge on any atom is 0.191 e. The summed E-state index contributed by atoms with van der Waals surface area (Å²) in [5.41, 5.74) is 3.09. The molecule has 0 amide bonds. The normalized spacial score (nSPS) is 11.2. The average molecular weight is 417 g/mol. The van der Waals surface area contributed by atoms with Crippen LogP contribution in [0.2, 0.25) is 0 Å². The van der Waals surface area contributed by atoms with Crippen molar-refractivity contribution in [3.8, 4) is 22.7 Å². The van der Waals surface area contributed by atoms with Gasteiger partial charge in [0.05, 0.1) is 17.3 Å². The van der Waals surface area contributed by atoms with Crippen molar-refractivity contribution in [3.05, 3.63) is 78.4 Å². The molecule has 0 saturated carbocycles. The first kappa shape index (κ1) is 18.9. The molecule has 3 heterocycles. The van der Waals surface area contributed by atoms with E-state index in [2.05, 4.69) is 15.3 Å². The fourth-order valence-corrected chi connectivity index (χ4v) is 3.48. The first-order valence-corrected chi connectivity index (χ1v) is 9.56. The van der Waals surface area contributed by atoms with Gasteiger partial charge in [0.2, 0.25) is 0 Å². The lowest BCUT2D eigenvalue weighted by molar-refractivity contribution is 0.528. The monoisotopic (exact) mass is 417 g/mol. The number of imidazole rings is 1. The first-order chi connectivity index (χ1) is 15.0. The molecular weight excluding hydrogens is 400 g/mol. The Morgan fingerprint density at radius 1 is 1.00 bits per heavy atom. The molecule has 0 bridgehead atoms. The largest absolute Gasteiger partial charge is 0.441 e. The van der Waals surface area contributed by atoms with E-state index in [0.717, 1.165) is 11.1 Å². The fourth-order valence-electron chi connectivity index (χ4n) is 3.48. The predicted molar refractivity (Wildman–Crippen MR) is 114 cm³/mol. The number of pyridine rings is 1. The van der Waals surface area contributed by atoms with Gasteiger partial charge in [0, 0.05) is 31.4 Å². The molecule has 0 fully saturated rings. The lowest BCUT2D eigenvalue weighted by atomic mass is 10.1. The molecule has 0 aliphatic rings. The van der Waals surface area contributed by atoms with Crippen LogP contribution in [0.25, 0.3) is 33.7 Å². The van der Waals surface area contributed by atoms with Gasteiger partial charge in [-0.2, -0.15) is 0 Å². The van der Waals surface area contributed by atoms with Crippen LogP contribution in [-0.2, 0) is 7.05 Å². The Bertz CT molecular complexity index is 1410. The van der Waals surface area contributed by atoms with Gasteiger partial charge >= 0.3 is 0 Å². The van der Waals surface area contributed by atoms with Gasteiger partial charge < -0.3 is 14.3 Å². The molecule has 0 radical (unpaired) electrons. The van der Waals surface area contributed by atoms with Crippen LogP contribution in [-0.4, -0.2) is 19.5 Å². The Morgan fingerprint density at radius 2 is 1.81 bits per heavy atom. The van der Waals surface area contributed by atoms with Gasteiger partial charge in [0.15, 0.2) is 17.5 Å². The predicted octanol–water partition coefficient (Wildman–Crippen LogP) is 5.62. The summed E-state index contributed by atoms with van der Waals surface area (Å²) in [5, 5.41) is 3.14. The minimum absolute atomic E-state index is 0.308. The van der Waals surface area contributed by atoms with Gasteiger partial charge in [-0.3, -0.25) is 0 Å². The molecule has 0 aliphatic carbocycles. The highest BCUT2D eigenvalue weighted by Gasteiger charge is 2.15. The highest BCUT2D eigenvalue weighted by Crippen LogP contribution is 2.31. The molecule has 0 atom stereocenters. The van der Waals surface area contributed by atoms with Crippen LogP contribution in [0, 0.1) is 18.6 Å². The van der Waals surface area contributed by atoms with Gasteiger partial charge in [-0.25, -0.2) is 23.7 Å². The third kappa shape index (κ3) is 3.42. The van der Waals surface area contributed by atoms with Gasteiger partial charge in [0.25, 0.3) is 0 Å². The molecule has 1 N–H and O–H groups in total. The molecule has 5 aromatic rings. The van der Waals surface area contributed by atoms with E-state index in [9.17, 15) is 8.78 Å². The molecule has 0 spiro atoms. The highest BCUT2D eigenvalue weighted by molar-refractivity contribution is 5.90. The number of benzene rings is 2. The van der Waals surface area contributed by atoms with Crippen molar-refractivity contribution in [2.75, 3.05) is 5.32 Å². The van der Waals surface area contributed by atoms with E-state index in [1.807, 2.05) is 17.7 Å². The number of halogens is 2. The number of fused-ring (bicyclic) bond motifs is 1. The Balaban J connectivity index is 1.51. The maximum absolute atomic E-state index is 14.7. The summed E-state index contributed by atoms with van der Waals surface area (Å²) in [7, 11) is 1.88. The SMILES string of the molecule is Cc1ncc(-c2ccc(Nc3nccc4c3nc(-c3ccc(F)cc3)n4C)cc2F)o1. The molecule has 3 aromatic heterocycles. The number of aryl methyl sites for hydroxylation is 2. The summed E-state index contributed by atoms with van der Waals surface area (Å²) in [6, 6.07) is 12.7. The summed E-state index contributed by atoms with van der Waals surface area (Å²) in [5.74, 6) is 1.26. The van der Waals surface area contributed by atoms with Crippen molar-refractivity contribution in [1.82, 2.24) is 19.5 Å². The maximum atomic E-state index is 14.7. The number of hydrogen-bond acceptors (Lipinski definition) is 5. The van der Waals surface area contributed by atoms with E-state index in [0.29, 0.717) is 40.1 Å². The molecule has 0 unspecified atom stereocenters. The standard InChI is InChI=1S/C23H17F2N5O/c1-13-27-12-20(31-13)17-8-7-16(11-18(17)25)28-22-21-19(9-10-26-22)30(2)23(29-21)14-3-5-15(24)6-4-14/h3-12H,1-2H3,(H,26,28). The zero-order valence-corrected chi connectivity index (χ0v) is 16.7. The Labute approximate surface area is 176 Å². The Morgan fingerprint density at radius 3 is 2.52 bits per heavy atom. The van der Waals surface area contributed by atoms with E-state index in [1.54, 1.807) is 37.4 Å². The van der Waals surface area contributed by atoms with Crippen molar-refractivity contribution < 1.29 is 13.2 Å². The molecule has 8 heteroatoms. The number of nitrogens with zero attached hydrogens (tertiary/aromatic N) is 4. The number of aromatic nitrogens is 4. The number of hydrogen-bond donors (Lipinski definition) is 1. The molecule has 2 aromatic carbocycles. The third-order valence-corrected chi connectivity index (χ3v) is 5.02. The quantitative estimate of drug-likeness (QED) is 0.411. The van der Waals surface area contributed by atoms with E-state index in [4.69, 9.17) is 9.40 Å². The van der Waals surface area contributed by atoms with E-state index < -0.39 is 5.82 Å². The Kier molecular flexibility index (Phi) is 4.47. The van der Waals surface area contributed by atoms with Gasteiger partial charge in [-0.05, 0) is 48.5 Å². The number of oxazole rings is 1. The smallest absolute Gasteiger partial charge is 0.191 e. The van der Waals surface area contributed by atoms with Crippen LogP contribution < -0.4 is 5.32 Å². The van der Waals surface area contributed by atoms with Crippen LogP contribution in [0.5, 0.6) is 0 Å². The van der Waals surface area contributed by atoms with Crippen molar-refractivity contribution in [3.63, 3.8) is 0 Å². The van der Waals surface area contributed by atoms with Crippen LogP contribution >= 0.6 is 0 Å². The Hall–Kier alpha value is -4.07. The van der Waals surface area contributed by atoms with E-state index in [1.165, 1.54) is 24.4 Å². The molecule has 31 heavy (non-hydrogen) atoms. The molecule has 5 rings (SSSR count). The number of nitrogens with one attached hydrogen (secondary N) is 1. The van der Waals surface area contributed by atoms with Crippen LogP contribution in [0.3, 0.4) is 0 Å². The molecular formula is C23H17F2N5O. The zero-order chi connectivity index (χ0) is 21.5. The average Bonchev–Trinajstić information content (AvgIpc) is 3.33. The van der Waals surface area contributed by atoms with Crippen molar-refractivity contribution in [1.29, 1.82) is 0 Å². The van der Waals surface area contributed by atoms with Gasteiger partial charge in [0.1, 0.15) is 23.0 Å². The number of anilines is 2. The van der Waals surface area contributed by atoms with Crippen LogP contribution in [0.15, 0.2) is 65.3 Å². The van der Waals surface area contributed by atoms with E-state index >= 15 is 0 Å². The fraction of sp³-hybridized carbons (Fsp3) is 0.0870. The zero-order valence-electron chi connectivity index (χ0n) is 16.7. The van der Waals surface area contributed by atoms with Crippen LogP contribution in [0.1, 0.15) is 5.89 Å². The first-order valence-electron chi connectivity index (χ1n) is 9.56. The summed E-state index contributed by atoms with van der Waals surface area (Å²) in [6.07, 6.45) is 3.15. The second-order valence-electron chi connectivity index (χ2n) is 7.09. The summed E-state index contributed by atoms with van der Waals surface area (Å²) < 4.78 is 35.3. The van der Waals surface area contributed by atoms with Gasteiger partial charge in [-0.1, -0.05) is 0 Å².